The number of anilines is 1. The first-order valence-corrected chi connectivity index (χ1v) is 13.3. The third-order valence-electron chi connectivity index (χ3n) is 7.88. The summed E-state index contributed by atoms with van der Waals surface area (Å²) in [6.45, 7) is 9.77. The highest BCUT2D eigenvalue weighted by Crippen LogP contribution is 2.34. The van der Waals surface area contributed by atoms with Gasteiger partial charge in [-0.3, -0.25) is 9.59 Å². The number of rotatable bonds is 7. The zero-order chi connectivity index (χ0) is 26.1. The van der Waals surface area contributed by atoms with Crippen molar-refractivity contribution in [1.29, 1.82) is 0 Å². The summed E-state index contributed by atoms with van der Waals surface area (Å²) in [4.78, 5) is 34.9. The normalized spacial score (nSPS) is 19.3. The van der Waals surface area contributed by atoms with Crippen LogP contribution in [0.15, 0.2) is 22.5 Å². The highest BCUT2D eigenvalue weighted by atomic mass is 35.5. The van der Waals surface area contributed by atoms with Gasteiger partial charge in [0.25, 0.3) is 11.5 Å². The van der Waals surface area contributed by atoms with Crippen molar-refractivity contribution >= 4 is 29.3 Å². The van der Waals surface area contributed by atoms with Gasteiger partial charge in [-0.05, 0) is 96.8 Å². The van der Waals surface area contributed by atoms with Crippen molar-refractivity contribution in [2.75, 3.05) is 25.5 Å². The Bertz CT molecular complexity index is 1240. The number of halogens is 1. The average Bonchev–Trinajstić information content (AvgIpc) is 3.21. The van der Waals surface area contributed by atoms with Crippen molar-refractivity contribution in [1.82, 2.24) is 19.8 Å². The van der Waals surface area contributed by atoms with E-state index < -0.39 is 0 Å². The molecular formula is C28H38ClN5O2. The maximum atomic E-state index is 13.3. The van der Waals surface area contributed by atoms with Crippen LogP contribution < -0.4 is 15.8 Å². The van der Waals surface area contributed by atoms with Crippen LogP contribution in [0.1, 0.15) is 72.5 Å². The molecular weight excluding hydrogens is 474 g/mol. The van der Waals surface area contributed by atoms with Gasteiger partial charge in [0.15, 0.2) is 0 Å². The van der Waals surface area contributed by atoms with E-state index in [0.29, 0.717) is 34.1 Å². The van der Waals surface area contributed by atoms with Crippen molar-refractivity contribution in [3.63, 3.8) is 0 Å². The summed E-state index contributed by atoms with van der Waals surface area (Å²) >= 11 is 6.53. The van der Waals surface area contributed by atoms with Crippen LogP contribution in [0, 0.1) is 13.8 Å². The van der Waals surface area contributed by atoms with Crippen molar-refractivity contribution in [2.45, 2.75) is 78.6 Å². The van der Waals surface area contributed by atoms with Crippen LogP contribution in [0.25, 0.3) is 6.08 Å². The van der Waals surface area contributed by atoms with Crippen LogP contribution in [0.5, 0.6) is 0 Å². The molecule has 0 spiro atoms. The molecule has 1 N–H and O–H groups in total. The van der Waals surface area contributed by atoms with Crippen molar-refractivity contribution in [3.8, 4) is 0 Å². The Balaban J connectivity index is 1.54. The van der Waals surface area contributed by atoms with Crippen LogP contribution in [-0.2, 0) is 13.1 Å². The van der Waals surface area contributed by atoms with Crippen molar-refractivity contribution < 1.29 is 4.79 Å². The van der Waals surface area contributed by atoms with Gasteiger partial charge in [-0.1, -0.05) is 11.6 Å². The monoisotopic (exact) mass is 511 g/mol. The molecule has 2 heterocycles. The number of allylic oxidation sites excluding steroid dienone is 1. The maximum Gasteiger partial charge on any atom is 0.278 e. The molecule has 0 saturated heterocycles. The smallest absolute Gasteiger partial charge is 0.278 e. The van der Waals surface area contributed by atoms with Crippen LogP contribution in [0.4, 0.5) is 5.69 Å². The molecule has 1 saturated carbocycles. The summed E-state index contributed by atoms with van der Waals surface area (Å²) in [6.07, 6.45) is 6.50. The van der Waals surface area contributed by atoms with Gasteiger partial charge in [0.05, 0.1) is 12.1 Å². The average molecular weight is 512 g/mol. The molecule has 1 aliphatic heterocycles. The number of nitrogens with zero attached hydrogens (tertiary/aromatic N) is 4. The fourth-order valence-electron chi connectivity index (χ4n) is 5.72. The molecule has 0 radical (unpaired) electrons. The minimum atomic E-state index is -0.293. The van der Waals surface area contributed by atoms with Gasteiger partial charge in [0, 0.05) is 47.1 Å². The van der Waals surface area contributed by atoms with E-state index in [-0.39, 0.29) is 18.0 Å². The molecule has 1 aliphatic carbocycles. The Morgan fingerprint density at radius 3 is 2.44 bits per heavy atom. The summed E-state index contributed by atoms with van der Waals surface area (Å²) in [5.74, 6) is 0.446. The maximum absolute atomic E-state index is 13.3. The van der Waals surface area contributed by atoms with E-state index >= 15 is 0 Å². The molecule has 7 nitrogen and oxygen atoms in total. The third kappa shape index (κ3) is 5.23. The first kappa shape index (κ1) is 26.4. The minimum absolute atomic E-state index is 0.128. The molecule has 1 aromatic heterocycles. The van der Waals surface area contributed by atoms with Crippen molar-refractivity contribution in [2.24, 2.45) is 0 Å². The molecule has 4 rings (SSSR count). The zero-order valence-corrected chi connectivity index (χ0v) is 23.1. The number of fused-ring (bicyclic) bond motifs is 1. The molecule has 2 aliphatic rings. The van der Waals surface area contributed by atoms with Gasteiger partial charge < -0.3 is 19.7 Å². The van der Waals surface area contributed by atoms with Crippen LogP contribution in [0.3, 0.4) is 0 Å². The molecule has 0 atom stereocenters. The van der Waals surface area contributed by atoms with Gasteiger partial charge in [0.2, 0.25) is 0 Å². The Morgan fingerprint density at radius 1 is 1.14 bits per heavy atom. The number of hydrogen-bond donors (Lipinski definition) is 1. The number of aromatic nitrogens is 2. The molecule has 1 aromatic carbocycles. The number of carbonyl (C=O) groups is 1. The van der Waals surface area contributed by atoms with Crippen LogP contribution in [0.2, 0.25) is 5.02 Å². The molecule has 36 heavy (non-hydrogen) atoms. The van der Waals surface area contributed by atoms with E-state index in [1.54, 1.807) is 6.07 Å². The summed E-state index contributed by atoms with van der Waals surface area (Å²) in [6, 6.07) is 4.76. The van der Waals surface area contributed by atoms with Gasteiger partial charge in [-0.25, -0.2) is 0 Å². The van der Waals surface area contributed by atoms with E-state index in [4.69, 9.17) is 11.6 Å². The van der Waals surface area contributed by atoms with E-state index in [2.05, 4.69) is 41.1 Å². The van der Waals surface area contributed by atoms with E-state index in [0.717, 1.165) is 48.4 Å². The summed E-state index contributed by atoms with van der Waals surface area (Å²) in [5, 5.41) is 3.50. The van der Waals surface area contributed by atoms with Gasteiger partial charge >= 0.3 is 0 Å². The van der Waals surface area contributed by atoms with Gasteiger partial charge in [0.1, 0.15) is 5.82 Å². The van der Waals surface area contributed by atoms with E-state index in [1.165, 1.54) is 12.8 Å². The summed E-state index contributed by atoms with van der Waals surface area (Å²) in [7, 11) is 4.31. The SMILES string of the molecule is CCN(c1cc(Cl)cc(C(=O)NCc2c(C)n3c(nc2=O)C=C(C)C3)c1C)C1CCC(N(C)C)CC1. The van der Waals surface area contributed by atoms with Gasteiger partial charge in [-0.15, -0.1) is 0 Å². The molecule has 8 heteroatoms. The third-order valence-corrected chi connectivity index (χ3v) is 8.10. The number of nitrogens with one attached hydrogen (secondary N) is 1. The highest BCUT2D eigenvalue weighted by molar-refractivity contribution is 6.31. The molecule has 0 bridgehead atoms. The molecule has 0 unspecified atom stereocenters. The fraction of sp³-hybridized carbons (Fsp3) is 0.536. The molecule has 2 aromatic rings. The predicted octanol–water partition coefficient (Wildman–Crippen LogP) is 4.56. The fourth-order valence-corrected chi connectivity index (χ4v) is 5.94. The largest absolute Gasteiger partial charge is 0.369 e. The lowest BCUT2D eigenvalue weighted by Gasteiger charge is -2.40. The van der Waals surface area contributed by atoms with E-state index in [1.807, 2.05) is 37.5 Å². The lowest BCUT2D eigenvalue weighted by Crippen LogP contribution is -2.42. The number of benzene rings is 1. The molecule has 1 amide bonds. The van der Waals surface area contributed by atoms with Crippen molar-refractivity contribution in [3.05, 3.63) is 61.3 Å². The Hall–Kier alpha value is -2.64. The van der Waals surface area contributed by atoms with E-state index in [9.17, 15) is 9.59 Å². The molecule has 1 fully saturated rings. The van der Waals surface area contributed by atoms with Gasteiger partial charge in [-0.2, -0.15) is 4.98 Å². The predicted molar refractivity (Wildman–Crippen MR) is 147 cm³/mol. The lowest BCUT2D eigenvalue weighted by atomic mass is 9.89. The second-order valence-corrected chi connectivity index (χ2v) is 10.8. The van der Waals surface area contributed by atoms with Crippen LogP contribution >= 0.6 is 11.6 Å². The van der Waals surface area contributed by atoms with Crippen LogP contribution in [-0.4, -0.2) is 53.1 Å². The highest BCUT2D eigenvalue weighted by Gasteiger charge is 2.28. The standard InChI is InChI=1S/C28H38ClN5O2/c1-7-33(22-10-8-21(9-11-22)32(5)6)25-14-20(29)13-23(18(25)3)27(35)30-15-24-19(4)34-16-17(2)12-26(34)31-28(24)36/h12-14,21-22H,7-11,15-16H2,1-6H3,(H,30,35). The Kier molecular flexibility index (Phi) is 7.90. The number of carbonyl (C=O) groups excluding carboxylic acids is 1. The Morgan fingerprint density at radius 2 is 1.81 bits per heavy atom. The first-order valence-electron chi connectivity index (χ1n) is 12.9. The topological polar surface area (TPSA) is 70.5 Å². The zero-order valence-electron chi connectivity index (χ0n) is 22.3. The Labute approximate surface area is 219 Å². The second-order valence-electron chi connectivity index (χ2n) is 10.4. The second kappa shape index (κ2) is 10.8. The lowest BCUT2D eigenvalue weighted by molar-refractivity contribution is 0.0950. The first-order chi connectivity index (χ1) is 17.1. The number of hydrogen-bond acceptors (Lipinski definition) is 5. The number of amides is 1. The summed E-state index contributed by atoms with van der Waals surface area (Å²) in [5.41, 5.74) is 4.69. The molecule has 194 valence electrons. The summed E-state index contributed by atoms with van der Waals surface area (Å²) < 4.78 is 2.02. The minimum Gasteiger partial charge on any atom is -0.369 e. The quantitative estimate of drug-likeness (QED) is 0.590.